The molecule has 1 unspecified atom stereocenters. The minimum Gasteiger partial charge on any atom is -0.315 e. The van der Waals surface area contributed by atoms with E-state index in [1.165, 1.54) is 23.5 Å². The van der Waals surface area contributed by atoms with Gasteiger partial charge in [0, 0.05) is 6.54 Å². The summed E-state index contributed by atoms with van der Waals surface area (Å²) in [6.45, 7) is 1.78. The summed E-state index contributed by atoms with van der Waals surface area (Å²) >= 11 is 1.32. The van der Waals surface area contributed by atoms with Gasteiger partial charge in [0.25, 0.3) is 0 Å². The zero-order valence-electron chi connectivity index (χ0n) is 15.1. The summed E-state index contributed by atoms with van der Waals surface area (Å²) < 4.78 is 38.0. The molecule has 0 aliphatic carbocycles. The van der Waals surface area contributed by atoms with Crippen LogP contribution in [-0.2, 0) is 17.4 Å². The molecule has 1 aliphatic heterocycles. The largest absolute Gasteiger partial charge is 0.416 e. The first-order chi connectivity index (χ1) is 13.3. The van der Waals surface area contributed by atoms with Crippen LogP contribution in [-0.4, -0.2) is 30.4 Å². The number of nitriles is 1. The summed E-state index contributed by atoms with van der Waals surface area (Å²) in [5.41, 5.74) is 0.697. The number of alkyl halides is 3. The van der Waals surface area contributed by atoms with E-state index in [2.05, 4.69) is 10.2 Å². The van der Waals surface area contributed by atoms with E-state index in [0.717, 1.165) is 43.6 Å². The van der Waals surface area contributed by atoms with E-state index >= 15 is 0 Å². The molecule has 1 aliphatic rings. The highest BCUT2D eigenvalue weighted by atomic mass is 32.1. The summed E-state index contributed by atoms with van der Waals surface area (Å²) in [6, 6.07) is 9.03. The third kappa shape index (κ3) is 5.33. The number of anilines is 1. The number of piperidine rings is 1. The zero-order valence-corrected chi connectivity index (χ0v) is 15.9. The van der Waals surface area contributed by atoms with Gasteiger partial charge in [-0.15, -0.1) is 11.3 Å². The first-order valence-corrected chi connectivity index (χ1v) is 9.89. The van der Waals surface area contributed by atoms with Gasteiger partial charge in [-0.1, -0.05) is 12.1 Å². The van der Waals surface area contributed by atoms with Gasteiger partial charge in [0.05, 0.1) is 17.7 Å². The van der Waals surface area contributed by atoms with E-state index < -0.39 is 11.7 Å². The molecule has 1 aromatic carbocycles. The second-order valence-corrected chi connectivity index (χ2v) is 7.88. The van der Waals surface area contributed by atoms with Crippen LogP contribution >= 0.6 is 11.3 Å². The molecule has 1 aromatic heterocycles. The summed E-state index contributed by atoms with van der Waals surface area (Å²) in [6.07, 6.45) is -1.69. The number of benzene rings is 1. The lowest BCUT2D eigenvalue weighted by molar-refractivity contribution is -0.137. The van der Waals surface area contributed by atoms with Crippen molar-refractivity contribution >= 4 is 22.2 Å². The molecule has 0 bridgehead atoms. The molecule has 148 valence electrons. The minimum absolute atomic E-state index is 0.158. The molecule has 0 saturated carbocycles. The van der Waals surface area contributed by atoms with Crippen molar-refractivity contribution in [3.05, 3.63) is 52.4 Å². The molecule has 0 spiro atoms. The Morgan fingerprint density at radius 2 is 2.04 bits per heavy atom. The number of amides is 1. The fraction of sp³-hybridized carbons (Fsp3) is 0.400. The van der Waals surface area contributed by atoms with Crippen molar-refractivity contribution in [3.8, 4) is 6.07 Å². The Morgan fingerprint density at radius 3 is 2.71 bits per heavy atom. The second-order valence-electron chi connectivity index (χ2n) is 6.97. The van der Waals surface area contributed by atoms with Crippen molar-refractivity contribution in [3.63, 3.8) is 0 Å². The van der Waals surface area contributed by atoms with Gasteiger partial charge in [-0.05, 0) is 60.9 Å². The first-order valence-electron chi connectivity index (χ1n) is 9.01. The lowest BCUT2D eigenvalue weighted by Crippen LogP contribution is -2.41. The monoisotopic (exact) mass is 407 g/mol. The number of carbonyl (C=O) groups is 1. The average Bonchev–Trinajstić information content (AvgIpc) is 3.08. The van der Waals surface area contributed by atoms with Crippen LogP contribution in [0.3, 0.4) is 0 Å². The zero-order chi connectivity index (χ0) is 20.1. The summed E-state index contributed by atoms with van der Waals surface area (Å²) in [7, 11) is 0. The lowest BCUT2D eigenvalue weighted by atomic mass is 9.91. The van der Waals surface area contributed by atoms with E-state index in [0.29, 0.717) is 22.9 Å². The van der Waals surface area contributed by atoms with Crippen LogP contribution in [0, 0.1) is 17.2 Å². The number of carbonyl (C=O) groups excluding carboxylic acids is 1. The molecule has 1 amide bonds. The molecule has 0 radical (unpaired) electrons. The highest BCUT2D eigenvalue weighted by Gasteiger charge is 2.30. The van der Waals surface area contributed by atoms with Crippen molar-refractivity contribution in [2.45, 2.75) is 25.4 Å². The number of halogens is 3. The molecule has 8 heteroatoms. The number of nitrogens with one attached hydrogen (secondary N) is 1. The molecule has 28 heavy (non-hydrogen) atoms. The van der Waals surface area contributed by atoms with Crippen LogP contribution in [0.25, 0.3) is 0 Å². The van der Waals surface area contributed by atoms with Crippen LogP contribution in [0.1, 0.15) is 29.5 Å². The number of rotatable bonds is 5. The Labute approximate surface area is 165 Å². The number of likely N-dealkylation sites (tertiary alicyclic amines) is 1. The fourth-order valence-corrected chi connectivity index (χ4v) is 4.24. The normalized spacial score (nSPS) is 17.9. The predicted octanol–water partition coefficient (Wildman–Crippen LogP) is 4.53. The van der Waals surface area contributed by atoms with Crippen LogP contribution in [0.5, 0.6) is 0 Å². The Kier molecular flexibility index (Phi) is 6.37. The molecule has 1 N–H and O–H groups in total. The Morgan fingerprint density at radius 1 is 1.29 bits per heavy atom. The maximum Gasteiger partial charge on any atom is 0.416 e. The Bertz CT molecular complexity index is 855. The van der Waals surface area contributed by atoms with E-state index in [-0.39, 0.29) is 12.5 Å². The number of thiophene rings is 1. The van der Waals surface area contributed by atoms with Crippen molar-refractivity contribution in [1.82, 2.24) is 4.90 Å². The lowest BCUT2D eigenvalue weighted by Gasteiger charge is -2.32. The van der Waals surface area contributed by atoms with Crippen molar-refractivity contribution in [2.75, 3.05) is 25.0 Å². The molecule has 2 heterocycles. The van der Waals surface area contributed by atoms with E-state index in [1.54, 1.807) is 11.4 Å². The molecule has 3 rings (SSSR count). The smallest absolute Gasteiger partial charge is 0.315 e. The molecule has 1 atom stereocenters. The first kappa shape index (κ1) is 20.4. The van der Waals surface area contributed by atoms with Gasteiger partial charge >= 0.3 is 6.18 Å². The number of nitrogens with zero attached hydrogens (tertiary/aromatic N) is 2. The van der Waals surface area contributed by atoms with Crippen LogP contribution < -0.4 is 5.32 Å². The number of hydrogen-bond acceptors (Lipinski definition) is 4. The second kappa shape index (κ2) is 8.76. The molecule has 1 fully saturated rings. The maximum atomic E-state index is 12.7. The third-order valence-corrected chi connectivity index (χ3v) is 5.64. The van der Waals surface area contributed by atoms with Gasteiger partial charge < -0.3 is 5.32 Å². The molecular weight excluding hydrogens is 387 g/mol. The van der Waals surface area contributed by atoms with Crippen molar-refractivity contribution < 1.29 is 18.0 Å². The molecule has 4 nitrogen and oxygen atoms in total. The van der Waals surface area contributed by atoms with Gasteiger partial charge in [0.15, 0.2) is 0 Å². The van der Waals surface area contributed by atoms with Crippen LogP contribution in [0.2, 0.25) is 0 Å². The fourth-order valence-electron chi connectivity index (χ4n) is 3.49. The SMILES string of the molecule is N#Cc1ccsc1NC(=O)CN1CCCC(Cc2ccc(C(F)(F)F)cc2)C1. The van der Waals surface area contributed by atoms with Gasteiger partial charge in [0.2, 0.25) is 5.91 Å². The maximum absolute atomic E-state index is 12.7. The van der Waals surface area contributed by atoms with Crippen LogP contribution in [0.15, 0.2) is 35.7 Å². The molecule has 1 saturated heterocycles. The molecular formula is C20H20F3N3OS. The van der Waals surface area contributed by atoms with E-state index in [4.69, 9.17) is 5.26 Å². The van der Waals surface area contributed by atoms with Gasteiger partial charge in [-0.3, -0.25) is 9.69 Å². The Hall–Kier alpha value is -2.37. The third-order valence-electron chi connectivity index (χ3n) is 4.81. The van der Waals surface area contributed by atoms with E-state index in [1.807, 2.05) is 6.07 Å². The molecule has 2 aromatic rings. The topological polar surface area (TPSA) is 56.1 Å². The predicted molar refractivity (Wildman–Crippen MR) is 102 cm³/mol. The van der Waals surface area contributed by atoms with E-state index in [9.17, 15) is 18.0 Å². The highest BCUT2D eigenvalue weighted by Crippen LogP contribution is 2.30. The highest BCUT2D eigenvalue weighted by molar-refractivity contribution is 7.14. The van der Waals surface area contributed by atoms with Gasteiger partial charge in [0.1, 0.15) is 11.1 Å². The number of hydrogen-bond donors (Lipinski definition) is 1. The quantitative estimate of drug-likeness (QED) is 0.792. The van der Waals surface area contributed by atoms with Crippen LogP contribution in [0.4, 0.5) is 18.2 Å². The minimum atomic E-state index is -4.32. The summed E-state index contributed by atoms with van der Waals surface area (Å²) in [5.74, 6) is 0.142. The van der Waals surface area contributed by atoms with Crippen molar-refractivity contribution in [1.29, 1.82) is 5.26 Å². The Balaban J connectivity index is 1.52. The van der Waals surface area contributed by atoms with Gasteiger partial charge in [-0.25, -0.2) is 0 Å². The summed E-state index contributed by atoms with van der Waals surface area (Å²) in [4.78, 5) is 14.3. The average molecular weight is 407 g/mol. The van der Waals surface area contributed by atoms with Gasteiger partial charge in [-0.2, -0.15) is 18.4 Å². The standard InChI is InChI=1S/C20H20F3N3OS/c21-20(22,23)17-5-3-14(4-6-17)10-15-2-1-8-26(12-15)13-18(27)25-19-16(11-24)7-9-28-19/h3-7,9,15H,1-2,8,10,12-13H2,(H,25,27). The summed E-state index contributed by atoms with van der Waals surface area (Å²) in [5, 5.41) is 14.1. The van der Waals surface area contributed by atoms with Crippen molar-refractivity contribution in [2.24, 2.45) is 5.92 Å².